The molecular weight excluding hydrogens is 362 g/mol. The van der Waals surface area contributed by atoms with E-state index in [1.54, 1.807) is 19.9 Å². The monoisotopic (exact) mass is 387 g/mol. The number of likely N-dealkylation sites (tertiary alicyclic amines) is 1. The van der Waals surface area contributed by atoms with Crippen molar-refractivity contribution in [3.63, 3.8) is 0 Å². The van der Waals surface area contributed by atoms with Crippen LogP contribution >= 0.6 is 0 Å². The highest BCUT2D eigenvalue weighted by atomic mass is 16.2. The summed E-state index contributed by atoms with van der Waals surface area (Å²) in [4.78, 5) is 30.1. The number of carbonyl (C=O) groups excluding carboxylic acids is 2. The zero-order valence-electron chi connectivity index (χ0n) is 16.8. The first-order chi connectivity index (χ1) is 14.0. The van der Waals surface area contributed by atoms with Crippen LogP contribution in [0.2, 0.25) is 0 Å². The van der Waals surface area contributed by atoms with Crippen molar-refractivity contribution in [1.82, 2.24) is 14.5 Å². The number of amides is 1. The first kappa shape index (κ1) is 19.1. The van der Waals surface area contributed by atoms with Crippen molar-refractivity contribution >= 4 is 28.8 Å². The van der Waals surface area contributed by atoms with E-state index < -0.39 is 0 Å². The maximum absolute atomic E-state index is 12.0. The Labute approximate surface area is 170 Å². The van der Waals surface area contributed by atoms with Gasteiger partial charge in [-0.1, -0.05) is 36.4 Å². The molecule has 1 aliphatic rings. The van der Waals surface area contributed by atoms with Gasteiger partial charge in [-0.05, 0) is 49.6 Å². The lowest BCUT2D eigenvalue weighted by Crippen LogP contribution is -2.39. The van der Waals surface area contributed by atoms with Gasteiger partial charge in [-0.3, -0.25) is 9.59 Å². The number of hydrogen-bond acceptors (Lipinski definition) is 3. The van der Waals surface area contributed by atoms with Crippen molar-refractivity contribution < 1.29 is 9.59 Å². The number of aromatic nitrogens is 2. The molecule has 0 saturated carbocycles. The quantitative estimate of drug-likeness (QED) is 0.620. The second-order valence-electron chi connectivity index (χ2n) is 7.62. The lowest BCUT2D eigenvalue weighted by molar-refractivity contribution is -0.130. The number of piperidine rings is 1. The maximum Gasteiger partial charge on any atom is 0.219 e. The smallest absolute Gasteiger partial charge is 0.219 e. The summed E-state index contributed by atoms with van der Waals surface area (Å²) in [6.45, 7) is 4.70. The van der Waals surface area contributed by atoms with Gasteiger partial charge in [0.15, 0.2) is 5.78 Å². The molecule has 0 radical (unpaired) electrons. The SMILES string of the molecule is CC(=O)/C=C/c1cccc(-c2nc3ccccc3n2C2CCCN(C(C)=O)C2)c1. The fourth-order valence-corrected chi connectivity index (χ4v) is 4.06. The minimum Gasteiger partial charge on any atom is -0.341 e. The van der Waals surface area contributed by atoms with Gasteiger partial charge in [0.1, 0.15) is 5.82 Å². The van der Waals surface area contributed by atoms with Crippen molar-refractivity contribution in [3.8, 4) is 11.4 Å². The maximum atomic E-state index is 12.0. The van der Waals surface area contributed by atoms with Crippen LogP contribution in [0.15, 0.2) is 54.6 Å². The average molecular weight is 387 g/mol. The molecule has 5 heteroatoms. The highest BCUT2D eigenvalue weighted by molar-refractivity contribution is 5.91. The number of carbonyl (C=O) groups is 2. The van der Waals surface area contributed by atoms with Gasteiger partial charge in [-0.25, -0.2) is 4.98 Å². The summed E-state index contributed by atoms with van der Waals surface area (Å²) in [6, 6.07) is 16.4. The summed E-state index contributed by atoms with van der Waals surface area (Å²) in [6.07, 6.45) is 5.41. The van der Waals surface area contributed by atoms with E-state index in [4.69, 9.17) is 4.98 Å². The molecule has 4 rings (SSSR count). The van der Waals surface area contributed by atoms with Crippen LogP contribution in [0.25, 0.3) is 28.5 Å². The highest BCUT2D eigenvalue weighted by Gasteiger charge is 2.26. The second-order valence-corrected chi connectivity index (χ2v) is 7.62. The van der Waals surface area contributed by atoms with Crippen LogP contribution in [-0.4, -0.2) is 39.2 Å². The first-order valence-electron chi connectivity index (χ1n) is 10.0. The Morgan fingerprint density at radius 3 is 2.72 bits per heavy atom. The molecule has 3 aromatic rings. The number of benzene rings is 2. The van der Waals surface area contributed by atoms with Crippen LogP contribution in [0.3, 0.4) is 0 Å². The predicted octanol–water partition coefficient (Wildman–Crippen LogP) is 4.49. The molecule has 1 aromatic heterocycles. The zero-order chi connectivity index (χ0) is 20.4. The molecule has 0 aliphatic carbocycles. The third-order valence-corrected chi connectivity index (χ3v) is 5.46. The zero-order valence-corrected chi connectivity index (χ0v) is 16.8. The molecule has 1 unspecified atom stereocenters. The Morgan fingerprint density at radius 1 is 1.10 bits per heavy atom. The Balaban J connectivity index is 1.81. The fourth-order valence-electron chi connectivity index (χ4n) is 4.06. The molecule has 148 valence electrons. The summed E-state index contributed by atoms with van der Waals surface area (Å²) < 4.78 is 2.29. The van der Waals surface area contributed by atoms with Gasteiger partial charge >= 0.3 is 0 Å². The predicted molar refractivity (Wildman–Crippen MR) is 115 cm³/mol. The van der Waals surface area contributed by atoms with Crippen LogP contribution in [-0.2, 0) is 9.59 Å². The van der Waals surface area contributed by atoms with Gasteiger partial charge in [-0.15, -0.1) is 0 Å². The number of fused-ring (bicyclic) bond motifs is 1. The summed E-state index contributed by atoms with van der Waals surface area (Å²) in [5, 5.41) is 0. The largest absolute Gasteiger partial charge is 0.341 e. The molecule has 1 atom stereocenters. The number of para-hydroxylation sites is 2. The summed E-state index contributed by atoms with van der Waals surface area (Å²) in [5.74, 6) is 1.05. The van der Waals surface area contributed by atoms with Gasteiger partial charge in [0.05, 0.1) is 17.1 Å². The van der Waals surface area contributed by atoms with Gasteiger partial charge in [0.2, 0.25) is 5.91 Å². The topological polar surface area (TPSA) is 55.2 Å². The van der Waals surface area contributed by atoms with Crippen LogP contribution in [0.5, 0.6) is 0 Å². The van der Waals surface area contributed by atoms with E-state index in [1.165, 1.54) is 0 Å². The standard InChI is InChI=1S/C24H25N3O2/c1-17(28)12-13-19-7-5-8-20(15-19)24-25-22-10-3-4-11-23(22)27(24)21-9-6-14-26(16-21)18(2)29/h3-5,7-8,10-13,15,21H,6,9,14,16H2,1-2H3/b13-12+. The van der Waals surface area contributed by atoms with E-state index >= 15 is 0 Å². The molecule has 0 bridgehead atoms. The average Bonchev–Trinajstić information content (AvgIpc) is 3.12. The molecule has 1 saturated heterocycles. The normalized spacial score (nSPS) is 17.2. The van der Waals surface area contributed by atoms with E-state index in [1.807, 2.05) is 47.4 Å². The number of nitrogens with zero attached hydrogens (tertiary/aromatic N) is 3. The Hall–Kier alpha value is -3.21. The van der Waals surface area contributed by atoms with E-state index in [9.17, 15) is 9.59 Å². The molecule has 1 aliphatic heterocycles. The van der Waals surface area contributed by atoms with Crippen LogP contribution < -0.4 is 0 Å². The van der Waals surface area contributed by atoms with Crippen molar-refractivity contribution in [2.45, 2.75) is 32.7 Å². The molecule has 2 heterocycles. The van der Waals surface area contributed by atoms with Crippen molar-refractivity contribution in [2.75, 3.05) is 13.1 Å². The van der Waals surface area contributed by atoms with Crippen molar-refractivity contribution in [1.29, 1.82) is 0 Å². The summed E-state index contributed by atoms with van der Waals surface area (Å²) in [7, 11) is 0. The van der Waals surface area contributed by atoms with Gasteiger partial charge in [-0.2, -0.15) is 0 Å². The first-order valence-corrected chi connectivity index (χ1v) is 10.0. The molecule has 0 N–H and O–H groups in total. The molecule has 0 spiro atoms. The molecule has 29 heavy (non-hydrogen) atoms. The second kappa shape index (κ2) is 8.03. The lowest BCUT2D eigenvalue weighted by Gasteiger charge is -2.34. The van der Waals surface area contributed by atoms with Gasteiger partial charge < -0.3 is 9.47 Å². The Morgan fingerprint density at radius 2 is 1.93 bits per heavy atom. The lowest BCUT2D eigenvalue weighted by atomic mass is 10.0. The Bertz CT molecular complexity index is 1100. The molecule has 2 aromatic carbocycles. The molecular formula is C24H25N3O2. The number of rotatable bonds is 4. The third-order valence-electron chi connectivity index (χ3n) is 5.46. The minimum absolute atomic E-state index is 0.0224. The van der Waals surface area contributed by atoms with E-state index in [0.717, 1.165) is 47.4 Å². The highest BCUT2D eigenvalue weighted by Crippen LogP contribution is 2.33. The van der Waals surface area contributed by atoms with Gasteiger partial charge in [0.25, 0.3) is 0 Å². The van der Waals surface area contributed by atoms with E-state index in [0.29, 0.717) is 6.54 Å². The van der Waals surface area contributed by atoms with Crippen LogP contribution in [0.4, 0.5) is 0 Å². The number of allylic oxidation sites excluding steroid dienone is 1. The van der Waals surface area contributed by atoms with Crippen LogP contribution in [0.1, 0.15) is 38.3 Å². The van der Waals surface area contributed by atoms with Crippen LogP contribution in [0, 0.1) is 0 Å². The van der Waals surface area contributed by atoms with E-state index in [2.05, 4.69) is 16.7 Å². The number of hydrogen-bond donors (Lipinski definition) is 0. The third kappa shape index (κ3) is 3.99. The van der Waals surface area contributed by atoms with E-state index in [-0.39, 0.29) is 17.7 Å². The summed E-state index contributed by atoms with van der Waals surface area (Å²) in [5.41, 5.74) is 4.01. The van der Waals surface area contributed by atoms with Gasteiger partial charge in [0, 0.05) is 25.6 Å². The molecule has 1 amide bonds. The van der Waals surface area contributed by atoms with Crippen molar-refractivity contribution in [3.05, 3.63) is 60.2 Å². The van der Waals surface area contributed by atoms with Crippen molar-refractivity contribution in [2.24, 2.45) is 0 Å². The Kier molecular flexibility index (Phi) is 5.30. The minimum atomic E-state index is 0.0224. The molecule has 5 nitrogen and oxygen atoms in total. The number of imidazole rings is 1. The molecule has 1 fully saturated rings. The summed E-state index contributed by atoms with van der Waals surface area (Å²) >= 11 is 0. The fraction of sp³-hybridized carbons (Fsp3) is 0.292. The number of ketones is 1.